The summed E-state index contributed by atoms with van der Waals surface area (Å²) in [6.07, 6.45) is 0.765. The normalized spacial score (nSPS) is 22.3. The lowest BCUT2D eigenvalue weighted by molar-refractivity contribution is -0.235. The first kappa shape index (κ1) is 20.9. The van der Waals surface area contributed by atoms with Crippen LogP contribution < -0.4 is 10.1 Å². The summed E-state index contributed by atoms with van der Waals surface area (Å²) in [7, 11) is 0. The number of nitrogens with one attached hydrogen (secondary N) is 1. The summed E-state index contributed by atoms with van der Waals surface area (Å²) in [5.41, 5.74) is 0.00166. The smallest absolute Gasteiger partial charge is 0.407 e. The second kappa shape index (κ2) is 6.91. The average molecular weight is 396 g/mol. The SMILES string of the molecule is CC(C)(C)NC(=O)OC1C(C)(C)C(Oc2ccc(C#N)c3ncccc23)C1(C)C. The van der Waals surface area contributed by atoms with Crippen molar-refractivity contribution < 1.29 is 14.3 Å². The molecule has 29 heavy (non-hydrogen) atoms. The molecule has 6 nitrogen and oxygen atoms in total. The molecule has 0 saturated heterocycles. The van der Waals surface area contributed by atoms with Gasteiger partial charge in [0, 0.05) is 28.0 Å². The first-order chi connectivity index (χ1) is 13.4. The molecule has 3 rings (SSSR count). The lowest BCUT2D eigenvalue weighted by Gasteiger charge is -2.61. The molecule has 0 aliphatic heterocycles. The predicted molar refractivity (Wildman–Crippen MR) is 112 cm³/mol. The van der Waals surface area contributed by atoms with Crippen LogP contribution in [-0.4, -0.2) is 28.8 Å². The summed E-state index contributed by atoms with van der Waals surface area (Å²) < 4.78 is 12.2. The van der Waals surface area contributed by atoms with Crippen LogP contribution in [0.5, 0.6) is 5.75 Å². The molecule has 1 heterocycles. The third kappa shape index (κ3) is 3.74. The number of alkyl carbamates (subject to hydrolysis) is 1. The Labute approximate surface area is 172 Å². The Kier molecular flexibility index (Phi) is 4.98. The fourth-order valence-corrected chi connectivity index (χ4v) is 4.61. The van der Waals surface area contributed by atoms with Gasteiger partial charge in [-0.2, -0.15) is 5.26 Å². The van der Waals surface area contributed by atoms with Crippen molar-refractivity contribution in [3.63, 3.8) is 0 Å². The molecule has 1 aliphatic carbocycles. The summed E-state index contributed by atoms with van der Waals surface area (Å²) in [5.74, 6) is 0.677. The van der Waals surface area contributed by atoms with E-state index in [-0.39, 0.29) is 28.6 Å². The van der Waals surface area contributed by atoms with Gasteiger partial charge in [0.25, 0.3) is 0 Å². The van der Waals surface area contributed by atoms with E-state index in [0.29, 0.717) is 16.8 Å². The van der Waals surface area contributed by atoms with Crippen LogP contribution in [0.4, 0.5) is 4.79 Å². The summed E-state index contributed by atoms with van der Waals surface area (Å²) in [4.78, 5) is 16.7. The van der Waals surface area contributed by atoms with Crippen LogP contribution in [0.3, 0.4) is 0 Å². The summed E-state index contributed by atoms with van der Waals surface area (Å²) in [6, 6.07) is 9.45. The lowest BCUT2D eigenvalue weighted by Crippen LogP contribution is -2.71. The first-order valence-electron chi connectivity index (χ1n) is 9.81. The molecule has 1 aliphatic rings. The molecule has 1 fully saturated rings. The number of hydrogen-bond acceptors (Lipinski definition) is 5. The van der Waals surface area contributed by atoms with Gasteiger partial charge in [0.05, 0.1) is 11.1 Å². The zero-order valence-electron chi connectivity index (χ0n) is 18.2. The number of benzene rings is 1. The van der Waals surface area contributed by atoms with E-state index in [1.54, 1.807) is 12.3 Å². The maximum absolute atomic E-state index is 12.3. The van der Waals surface area contributed by atoms with E-state index < -0.39 is 6.09 Å². The molecule has 1 amide bonds. The van der Waals surface area contributed by atoms with E-state index in [0.717, 1.165) is 5.39 Å². The Bertz CT molecular complexity index is 967. The van der Waals surface area contributed by atoms with Crippen molar-refractivity contribution in [2.24, 2.45) is 10.8 Å². The van der Waals surface area contributed by atoms with Gasteiger partial charge in [0.1, 0.15) is 24.0 Å². The summed E-state index contributed by atoms with van der Waals surface area (Å²) in [6.45, 7) is 13.9. The van der Waals surface area contributed by atoms with Crippen molar-refractivity contribution in [1.29, 1.82) is 5.26 Å². The van der Waals surface area contributed by atoms with Crippen molar-refractivity contribution in [2.75, 3.05) is 0 Å². The van der Waals surface area contributed by atoms with Gasteiger partial charge in [-0.3, -0.25) is 4.98 Å². The van der Waals surface area contributed by atoms with Crippen molar-refractivity contribution >= 4 is 17.0 Å². The number of pyridine rings is 1. The molecule has 1 aromatic heterocycles. The monoisotopic (exact) mass is 395 g/mol. The second-order valence-corrected chi connectivity index (χ2v) is 9.92. The van der Waals surface area contributed by atoms with E-state index in [1.165, 1.54) is 0 Å². The Morgan fingerprint density at radius 3 is 2.38 bits per heavy atom. The topological polar surface area (TPSA) is 84.2 Å². The van der Waals surface area contributed by atoms with E-state index in [9.17, 15) is 10.1 Å². The van der Waals surface area contributed by atoms with E-state index in [4.69, 9.17) is 9.47 Å². The minimum Gasteiger partial charge on any atom is -0.488 e. The van der Waals surface area contributed by atoms with Crippen molar-refractivity contribution in [3.05, 3.63) is 36.0 Å². The number of rotatable bonds is 3. The third-order valence-electron chi connectivity index (χ3n) is 5.50. The molecule has 1 N–H and O–H groups in total. The van der Waals surface area contributed by atoms with Crippen LogP contribution in [-0.2, 0) is 4.74 Å². The van der Waals surface area contributed by atoms with E-state index in [2.05, 4.69) is 16.4 Å². The van der Waals surface area contributed by atoms with Gasteiger partial charge in [0.15, 0.2) is 0 Å². The Balaban J connectivity index is 1.86. The number of nitriles is 1. The minimum absolute atomic E-state index is 0.182. The van der Waals surface area contributed by atoms with Gasteiger partial charge in [0.2, 0.25) is 0 Å². The maximum atomic E-state index is 12.3. The fourth-order valence-electron chi connectivity index (χ4n) is 4.61. The van der Waals surface area contributed by atoms with Crippen LogP contribution in [0, 0.1) is 22.2 Å². The Morgan fingerprint density at radius 1 is 1.14 bits per heavy atom. The highest BCUT2D eigenvalue weighted by molar-refractivity contribution is 5.89. The molecular formula is C23H29N3O3. The van der Waals surface area contributed by atoms with Gasteiger partial charge >= 0.3 is 6.09 Å². The Morgan fingerprint density at radius 2 is 1.79 bits per heavy atom. The summed E-state index contributed by atoms with van der Waals surface area (Å²) >= 11 is 0. The van der Waals surface area contributed by atoms with Gasteiger partial charge in [-0.05, 0) is 45.0 Å². The molecule has 1 aromatic carbocycles. The molecule has 0 atom stereocenters. The highest BCUT2D eigenvalue weighted by Crippen LogP contribution is 2.57. The van der Waals surface area contributed by atoms with E-state index in [1.807, 2.05) is 66.7 Å². The summed E-state index contributed by atoms with van der Waals surface area (Å²) in [5, 5.41) is 13.0. The highest BCUT2D eigenvalue weighted by atomic mass is 16.6. The Hall–Kier alpha value is -2.81. The maximum Gasteiger partial charge on any atom is 0.407 e. The van der Waals surface area contributed by atoms with Crippen molar-refractivity contribution in [3.8, 4) is 11.8 Å². The number of nitrogens with zero attached hydrogens (tertiary/aromatic N) is 2. The van der Waals surface area contributed by atoms with Crippen LogP contribution in [0.1, 0.15) is 54.0 Å². The number of amides is 1. The minimum atomic E-state index is -0.421. The molecule has 1 saturated carbocycles. The fraction of sp³-hybridized carbons (Fsp3) is 0.522. The molecule has 154 valence electrons. The quantitative estimate of drug-likeness (QED) is 0.806. The van der Waals surface area contributed by atoms with Gasteiger partial charge in [-0.25, -0.2) is 4.79 Å². The second-order valence-electron chi connectivity index (χ2n) is 9.92. The predicted octanol–water partition coefficient (Wildman–Crippen LogP) is 4.81. The van der Waals surface area contributed by atoms with Gasteiger partial charge < -0.3 is 14.8 Å². The number of hydrogen-bond donors (Lipinski definition) is 1. The first-order valence-corrected chi connectivity index (χ1v) is 9.81. The number of fused-ring (bicyclic) bond motifs is 1. The lowest BCUT2D eigenvalue weighted by atomic mass is 9.51. The molecule has 0 unspecified atom stereocenters. The van der Waals surface area contributed by atoms with Gasteiger partial charge in [-0.15, -0.1) is 0 Å². The molecule has 0 bridgehead atoms. The molecule has 0 spiro atoms. The van der Waals surface area contributed by atoms with Crippen LogP contribution in [0.2, 0.25) is 0 Å². The van der Waals surface area contributed by atoms with Crippen molar-refractivity contribution in [1.82, 2.24) is 10.3 Å². The average Bonchev–Trinajstić information content (AvgIpc) is 2.62. The van der Waals surface area contributed by atoms with Crippen LogP contribution in [0.15, 0.2) is 30.5 Å². The molecule has 2 aromatic rings. The highest BCUT2D eigenvalue weighted by Gasteiger charge is 2.66. The van der Waals surface area contributed by atoms with Crippen molar-refractivity contribution in [2.45, 2.75) is 66.2 Å². The van der Waals surface area contributed by atoms with E-state index >= 15 is 0 Å². The van der Waals surface area contributed by atoms with Crippen LogP contribution in [0.25, 0.3) is 10.9 Å². The number of aromatic nitrogens is 1. The number of ether oxygens (including phenoxy) is 2. The number of carbonyl (C=O) groups excluding carboxylic acids is 1. The van der Waals surface area contributed by atoms with Gasteiger partial charge in [-0.1, -0.05) is 27.7 Å². The zero-order valence-corrected chi connectivity index (χ0v) is 18.2. The standard InChI is InChI=1S/C23H29N3O3/c1-21(2,3)26-20(27)29-19-22(4,5)18(23(19,6)7)28-16-11-10-14(13-24)17-15(16)9-8-12-25-17/h8-12,18-19H,1-7H3,(H,26,27). The number of carbonyl (C=O) groups is 1. The zero-order chi connectivity index (χ0) is 21.6. The molecular weight excluding hydrogens is 366 g/mol. The largest absolute Gasteiger partial charge is 0.488 e. The molecule has 6 heteroatoms. The third-order valence-corrected chi connectivity index (χ3v) is 5.50. The molecule has 0 radical (unpaired) electrons. The van der Waals surface area contributed by atoms with Crippen LogP contribution >= 0.6 is 0 Å².